The smallest absolute Gasteiger partial charge is 0.251 e. The maximum atomic E-state index is 11.5. The molecular weight excluding hydrogens is 190 g/mol. The van der Waals surface area contributed by atoms with Crippen LogP contribution < -0.4 is 10.9 Å². The zero-order chi connectivity index (χ0) is 10.3. The van der Waals surface area contributed by atoms with Crippen molar-refractivity contribution in [3.63, 3.8) is 0 Å². The Morgan fingerprint density at radius 2 is 2.20 bits per heavy atom. The molecule has 1 aliphatic carbocycles. The largest absolute Gasteiger partial charge is 0.309 e. The molecule has 15 heavy (non-hydrogen) atoms. The van der Waals surface area contributed by atoms with E-state index in [0.717, 1.165) is 24.5 Å². The molecule has 4 nitrogen and oxygen atoms in total. The van der Waals surface area contributed by atoms with Crippen molar-refractivity contribution in [2.75, 3.05) is 6.54 Å². The maximum absolute atomic E-state index is 11.5. The van der Waals surface area contributed by atoms with E-state index < -0.39 is 0 Å². The fourth-order valence-electron chi connectivity index (χ4n) is 2.17. The highest BCUT2D eigenvalue weighted by Crippen LogP contribution is 2.38. The normalized spacial score (nSPS) is 25.7. The molecule has 1 aromatic rings. The molecule has 2 heterocycles. The molecule has 0 aromatic carbocycles. The summed E-state index contributed by atoms with van der Waals surface area (Å²) < 4.78 is 0. The van der Waals surface area contributed by atoms with Gasteiger partial charge in [0.05, 0.1) is 11.7 Å². The molecule has 1 aromatic heterocycles. The van der Waals surface area contributed by atoms with Gasteiger partial charge in [-0.3, -0.25) is 4.79 Å². The van der Waals surface area contributed by atoms with E-state index in [1.807, 2.05) is 0 Å². The van der Waals surface area contributed by atoms with Crippen molar-refractivity contribution in [3.05, 3.63) is 27.9 Å². The van der Waals surface area contributed by atoms with Gasteiger partial charge in [-0.2, -0.15) is 0 Å². The van der Waals surface area contributed by atoms with Crippen LogP contribution >= 0.6 is 0 Å². The zero-order valence-corrected chi connectivity index (χ0v) is 8.62. The highest BCUT2D eigenvalue weighted by atomic mass is 16.1. The van der Waals surface area contributed by atoms with Crippen molar-refractivity contribution < 1.29 is 0 Å². The van der Waals surface area contributed by atoms with Crippen LogP contribution in [-0.2, 0) is 0 Å². The van der Waals surface area contributed by atoms with Gasteiger partial charge in [0, 0.05) is 12.0 Å². The van der Waals surface area contributed by atoms with Gasteiger partial charge in [-0.15, -0.1) is 0 Å². The van der Waals surface area contributed by atoms with Gasteiger partial charge in [0.2, 0.25) is 0 Å². The minimum absolute atomic E-state index is 0.00407. The van der Waals surface area contributed by atoms with Crippen molar-refractivity contribution in [1.82, 2.24) is 15.3 Å². The average molecular weight is 205 g/mol. The first-order valence-electron chi connectivity index (χ1n) is 5.67. The second kappa shape index (κ2) is 3.45. The molecule has 1 aliphatic heterocycles. The Labute approximate surface area is 88.1 Å². The monoisotopic (exact) mass is 205 g/mol. The van der Waals surface area contributed by atoms with Crippen LogP contribution in [0.15, 0.2) is 10.9 Å². The Balaban J connectivity index is 1.95. The predicted molar refractivity (Wildman–Crippen MR) is 56.8 cm³/mol. The number of H-pyrrole nitrogens is 1. The summed E-state index contributed by atoms with van der Waals surface area (Å²) in [6.07, 6.45) is 4.63. The van der Waals surface area contributed by atoms with Crippen LogP contribution in [0.1, 0.15) is 49.2 Å². The third-order valence-corrected chi connectivity index (χ3v) is 3.17. The minimum Gasteiger partial charge on any atom is -0.309 e. The highest BCUT2D eigenvalue weighted by Gasteiger charge is 2.27. The maximum Gasteiger partial charge on any atom is 0.251 e. The van der Waals surface area contributed by atoms with Crippen molar-refractivity contribution in [1.29, 1.82) is 0 Å². The molecule has 1 atom stereocenters. The van der Waals surface area contributed by atoms with Crippen LogP contribution in [0.5, 0.6) is 0 Å². The van der Waals surface area contributed by atoms with Gasteiger partial charge in [0.1, 0.15) is 5.82 Å². The average Bonchev–Trinajstić information content (AvgIpc) is 2.93. The van der Waals surface area contributed by atoms with E-state index in [-0.39, 0.29) is 11.6 Å². The number of nitrogens with zero attached hydrogens (tertiary/aromatic N) is 1. The topological polar surface area (TPSA) is 57.8 Å². The Bertz CT molecular complexity index is 416. The standard InChI is InChI=1S/C11H15N3O/c15-10-6-9(7-3-4-7)13-11(14-10)8-2-1-5-12-8/h6-8,12H,1-5H2,(H,13,14,15). The molecule has 3 rings (SSSR count). The Hall–Kier alpha value is -1.16. The van der Waals surface area contributed by atoms with Crippen LogP contribution in [0.25, 0.3) is 0 Å². The van der Waals surface area contributed by atoms with Crippen LogP contribution in [0, 0.1) is 0 Å². The number of aromatic nitrogens is 2. The first-order valence-corrected chi connectivity index (χ1v) is 5.67. The number of hydrogen-bond acceptors (Lipinski definition) is 3. The summed E-state index contributed by atoms with van der Waals surface area (Å²) in [6, 6.07) is 1.91. The van der Waals surface area contributed by atoms with Gasteiger partial charge in [-0.25, -0.2) is 4.98 Å². The van der Waals surface area contributed by atoms with Crippen LogP contribution in [0.3, 0.4) is 0 Å². The molecule has 0 radical (unpaired) electrons. The highest BCUT2D eigenvalue weighted by molar-refractivity contribution is 5.15. The molecule has 4 heteroatoms. The van der Waals surface area contributed by atoms with Crippen molar-refractivity contribution >= 4 is 0 Å². The van der Waals surface area contributed by atoms with Gasteiger partial charge < -0.3 is 10.3 Å². The SMILES string of the molecule is O=c1cc(C2CC2)nc(C2CCCN2)[nH]1. The summed E-state index contributed by atoms with van der Waals surface area (Å²) in [5.41, 5.74) is 0.984. The van der Waals surface area contributed by atoms with Gasteiger partial charge in [-0.05, 0) is 32.2 Å². The molecule has 80 valence electrons. The third-order valence-electron chi connectivity index (χ3n) is 3.17. The Kier molecular flexibility index (Phi) is 2.09. The molecule has 0 amide bonds. The second-order valence-electron chi connectivity index (χ2n) is 4.48. The fraction of sp³-hybridized carbons (Fsp3) is 0.636. The molecule has 1 unspecified atom stereocenters. The first-order chi connectivity index (χ1) is 7.33. The molecule has 2 aliphatic rings. The number of rotatable bonds is 2. The predicted octanol–water partition coefficient (Wildman–Crippen LogP) is 1.07. The molecular formula is C11H15N3O. The van der Waals surface area contributed by atoms with Gasteiger partial charge in [0.15, 0.2) is 0 Å². The third kappa shape index (κ3) is 1.81. The van der Waals surface area contributed by atoms with Crippen LogP contribution in [0.2, 0.25) is 0 Å². The molecule has 0 bridgehead atoms. The lowest BCUT2D eigenvalue weighted by molar-refractivity contribution is 0.597. The lowest BCUT2D eigenvalue weighted by Crippen LogP contribution is -2.21. The fourth-order valence-corrected chi connectivity index (χ4v) is 2.17. The van der Waals surface area contributed by atoms with Crippen molar-refractivity contribution in [3.8, 4) is 0 Å². The molecule has 0 spiro atoms. The second-order valence-corrected chi connectivity index (χ2v) is 4.48. The quantitative estimate of drug-likeness (QED) is 0.759. The van der Waals surface area contributed by atoms with Gasteiger partial charge >= 0.3 is 0 Å². The summed E-state index contributed by atoms with van der Waals surface area (Å²) >= 11 is 0. The summed E-state index contributed by atoms with van der Waals surface area (Å²) in [6.45, 7) is 1.03. The molecule has 2 N–H and O–H groups in total. The number of nitrogens with one attached hydrogen (secondary N) is 2. The van der Waals surface area contributed by atoms with Crippen LogP contribution in [0.4, 0.5) is 0 Å². The minimum atomic E-state index is -0.00407. The first kappa shape index (κ1) is 9.09. The molecule has 2 fully saturated rings. The summed E-state index contributed by atoms with van der Waals surface area (Å²) in [5, 5.41) is 3.35. The van der Waals surface area contributed by atoms with E-state index in [9.17, 15) is 4.79 Å². The molecule has 1 saturated heterocycles. The van der Waals surface area contributed by atoms with Gasteiger partial charge in [0.25, 0.3) is 5.56 Å². The summed E-state index contributed by atoms with van der Waals surface area (Å²) in [4.78, 5) is 18.9. The number of hydrogen-bond donors (Lipinski definition) is 2. The van der Waals surface area contributed by atoms with E-state index in [1.165, 1.54) is 19.3 Å². The Morgan fingerprint density at radius 3 is 2.87 bits per heavy atom. The zero-order valence-electron chi connectivity index (χ0n) is 8.62. The summed E-state index contributed by atoms with van der Waals surface area (Å²) in [7, 11) is 0. The van der Waals surface area contributed by atoms with E-state index >= 15 is 0 Å². The Morgan fingerprint density at radius 1 is 1.33 bits per heavy atom. The molecule has 1 saturated carbocycles. The lowest BCUT2D eigenvalue weighted by Gasteiger charge is -2.09. The van der Waals surface area contributed by atoms with Crippen molar-refractivity contribution in [2.24, 2.45) is 0 Å². The van der Waals surface area contributed by atoms with E-state index in [4.69, 9.17) is 0 Å². The van der Waals surface area contributed by atoms with Crippen LogP contribution in [-0.4, -0.2) is 16.5 Å². The summed E-state index contributed by atoms with van der Waals surface area (Å²) in [5.74, 6) is 1.38. The van der Waals surface area contributed by atoms with E-state index in [0.29, 0.717) is 5.92 Å². The number of aromatic amines is 1. The van der Waals surface area contributed by atoms with E-state index in [1.54, 1.807) is 6.07 Å². The van der Waals surface area contributed by atoms with E-state index in [2.05, 4.69) is 15.3 Å². The van der Waals surface area contributed by atoms with Crippen molar-refractivity contribution in [2.45, 2.75) is 37.6 Å². The van der Waals surface area contributed by atoms with Gasteiger partial charge in [-0.1, -0.05) is 0 Å². The lowest BCUT2D eigenvalue weighted by atomic mass is 10.2.